The maximum Gasteiger partial charge on any atom is 0.303 e. The first-order chi connectivity index (χ1) is 9.45. The third-order valence-electron chi connectivity index (χ3n) is 3.38. The smallest absolute Gasteiger partial charge is 0.303 e. The van der Waals surface area contributed by atoms with E-state index in [0.717, 1.165) is 17.3 Å². The molecule has 0 radical (unpaired) electrons. The topological polar surface area (TPSA) is 57.6 Å². The number of piperidine rings is 1. The Labute approximate surface area is 130 Å². The number of aliphatic carboxylic acids is 1. The van der Waals surface area contributed by atoms with Crippen LogP contribution in [-0.2, 0) is 4.79 Å². The molecule has 6 heteroatoms. The van der Waals surface area contributed by atoms with Gasteiger partial charge in [-0.2, -0.15) is 0 Å². The minimum atomic E-state index is -0.810. The van der Waals surface area contributed by atoms with E-state index in [1.54, 1.807) is 23.1 Å². The number of benzene rings is 1. The minimum absolute atomic E-state index is 0.0350. The first-order valence-electron chi connectivity index (χ1n) is 6.43. The first-order valence-corrected chi connectivity index (χ1v) is 7.60. The average molecular weight is 361 g/mol. The molecular formula is C14H15BrClNO3. The molecule has 1 atom stereocenters. The molecule has 1 aliphatic rings. The lowest BCUT2D eigenvalue weighted by Gasteiger charge is -2.32. The predicted octanol–water partition coefficient (Wildman–Crippen LogP) is 3.43. The summed E-state index contributed by atoms with van der Waals surface area (Å²) < 4.78 is 0.757. The molecule has 0 spiro atoms. The van der Waals surface area contributed by atoms with Crippen molar-refractivity contribution in [2.24, 2.45) is 5.92 Å². The van der Waals surface area contributed by atoms with Crippen LogP contribution in [0.3, 0.4) is 0 Å². The van der Waals surface area contributed by atoms with Crippen LogP contribution in [0.4, 0.5) is 0 Å². The van der Waals surface area contributed by atoms with Gasteiger partial charge in [0.25, 0.3) is 5.91 Å². The Balaban J connectivity index is 2.10. The highest BCUT2D eigenvalue weighted by Gasteiger charge is 2.26. The summed E-state index contributed by atoms with van der Waals surface area (Å²) in [5.74, 6) is -0.870. The van der Waals surface area contributed by atoms with Gasteiger partial charge in [0.2, 0.25) is 0 Å². The second-order valence-corrected chi connectivity index (χ2v) is 6.37. The normalized spacial score (nSPS) is 18.9. The van der Waals surface area contributed by atoms with Crippen LogP contribution >= 0.6 is 27.5 Å². The van der Waals surface area contributed by atoms with Crippen LogP contribution in [0.1, 0.15) is 29.6 Å². The number of amides is 1. The number of halogens is 2. The maximum atomic E-state index is 12.4. The van der Waals surface area contributed by atoms with Gasteiger partial charge >= 0.3 is 5.97 Å². The second kappa shape index (κ2) is 6.59. The van der Waals surface area contributed by atoms with Crippen molar-refractivity contribution in [1.82, 2.24) is 4.90 Å². The van der Waals surface area contributed by atoms with Crippen molar-refractivity contribution in [3.8, 4) is 0 Å². The molecular weight excluding hydrogens is 346 g/mol. The van der Waals surface area contributed by atoms with E-state index in [2.05, 4.69) is 15.9 Å². The molecule has 108 valence electrons. The molecule has 1 unspecified atom stereocenters. The summed E-state index contributed by atoms with van der Waals surface area (Å²) >= 11 is 9.27. The zero-order chi connectivity index (χ0) is 14.7. The lowest BCUT2D eigenvalue weighted by molar-refractivity contribution is -0.138. The summed E-state index contributed by atoms with van der Waals surface area (Å²) in [6.45, 7) is 1.16. The number of carboxylic acids is 1. The summed E-state index contributed by atoms with van der Waals surface area (Å²) in [5, 5.41) is 9.36. The summed E-state index contributed by atoms with van der Waals surface area (Å²) in [7, 11) is 0. The standard InChI is InChI=1S/C14H15BrClNO3/c15-11-5-10(6-12(16)7-11)14(20)17-3-1-2-9(8-17)4-13(18)19/h5-7,9H,1-4,8H2,(H,18,19). The molecule has 20 heavy (non-hydrogen) atoms. The van der Waals surface area contributed by atoms with Gasteiger partial charge in [0.05, 0.1) is 0 Å². The van der Waals surface area contributed by atoms with Gasteiger partial charge in [0, 0.05) is 34.6 Å². The van der Waals surface area contributed by atoms with Gasteiger partial charge in [0.1, 0.15) is 0 Å². The van der Waals surface area contributed by atoms with E-state index in [1.165, 1.54) is 0 Å². The highest BCUT2D eigenvalue weighted by atomic mass is 79.9. The van der Waals surface area contributed by atoms with Gasteiger partial charge in [-0.1, -0.05) is 27.5 Å². The summed E-state index contributed by atoms with van der Waals surface area (Å²) in [6.07, 6.45) is 1.81. The minimum Gasteiger partial charge on any atom is -0.481 e. The van der Waals surface area contributed by atoms with Crippen molar-refractivity contribution in [2.75, 3.05) is 13.1 Å². The van der Waals surface area contributed by atoms with Crippen LogP contribution < -0.4 is 0 Å². The number of likely N-dealkylation sites (tertiary alicyclic amines) is 1. The molecule has 1 N–H and O–H groups in total. The largest absolute Gasteiger partial charge is 0.481 e. The fraction of sp³-hybridized carbons (Fsp3) is 0.429. The molecule has 1 aliphatic heterocycles. The quantitative estimate of drug-likeness (QED) is 0.898. The van der Waals surface area contributed by atoms with Crippen LogP contribution in [0.2, 0.25) is 5.02 Å². The molecule has 1 saturated heterocycles. The number of carbonyl (C=O) groups is 2. The molecule has 1 amide bonds. The van der Waals surface area contributed by atoms with Gasteiger partial charge in [-0.05, 0) is 37.0 Å². The van der Waals surface area contributed by atoms with E-state index < -0.39 is 5.97 Å². The Kier molecular flexibility index (Phi) is 5.05. The molecule has 0 aromatic heterocycles. The van der Waals surface area contributed by atoms with Crippen LogP contribution in [-0.4, -0.2) is 35.0 Å². The van der Waals surface area contributed by atoms with Crippen molar-refractivity contribution in [3.63, 3.8) is 0 Å². The van der Waals surface area contributed by atoms with Gasteiger partial charge in [-0.15, -0.1) is 0 Å². The van der Waals surface area contributed by atoms with Gasteiger partial charge < -0.3 is 10.0 Å². The number of hydrogen-bond donors (Lipinski definition) is 1. The van der Waals surface area contributed by atoms with Crippen LogP contribution in [0, 0.1) is 5.92 Å². The van der Waals surface area contributed by atoms with Gasteiger partial charge in [-0.3, -0.25) is 9.59 Å². The van der Waals surface area contributed by atoms with Crippen molar-refractivity contribution >= 4 is 39.4 Å². The zero-order valence-corrected chi connectivity index (χ0v) is 13.2. The van der Waals surface area contributed by atoms with E-state index in [0.29, 0.717) is 23.7 Å². The third kappa shape index (κ3) is 3.96. The second-order valence-electron chi connectivity index (χ2n) is 5.02. The molecule has 1 heterocycles. The fourth-order valence-electron chi connectivity index (χ4n) is 2.52. The van der Waals surface area contributed by atoms with Crippen LogP contribution in [0.5, 0.6) is 0 Å². The van der Waals surface area contributed by atoms with E-state index in [4.69, 9.17) is 16.7 Å². The monoisotopic (exact) mass is 359 g/mol. The van der Waals surface area contributed by atoms with Crippen LogP contribution in [0.15, 0.2) is 22.7 Å². The molecule has 0 saturated carbocycles. The van der Waals surface area contributed by atoms with E-state index in [1.807, 2.05) is 0 Å². The Morgan fingerprint density at radius 1 is 1.40 bits per heavy atom. The molecule has 4 nitrogen and oxygen atoms in total. The number of hydrogen-bond acceptors (Lipinski definition) is 2. The van der Waals surface area contributed by atoms with Gasteiger partial charge in [-0.25, -0.2) is 0 Å². The molecule has 1 aromatic rings. The fourth-order valence-corrected chi connectivity index (χ4v) is 3.38. The first kappa shape index (κ1) is 15.3. The Hall–Kier alpha value is -1.07. The van der Waals surface area contributed by atoms with Crippen molar-refractivity contribution < 1.29 is 14.7 Å². The summed E-state index contributed by atoms with van der Waals surface area (Å²) in [5.41, 5.74) is 0.528. The molecule has 0 bridgehead atoms. The van der Waals surface area contributed by atoms with Crippen molar-refractivity contribution in [1.29, 1.82) is 0 Å². The lowest BCUT2D eigenvalue weighted by Crippen LogP contribution is -2.40. The van der Waals surface area contributed by atoms with E-state index >= 15 is 0 Å². The molecule has 2 rings (SSSR count). The zero-order valence-electron chi connectivity index (χ0n) is 10.8. The number of nitrogens with zero attached hydrogens (tertiary/aromatic N) is 1. The summed E-state index contributed by atoms with van der Waals surface area (Å²) in [6, 6.07) is 5.09. The molecule has 1 fully saturated rings. The number of carboxylic acid groups (broad SMARTS) is 1. The Morgan fingerprint density at radius 2 is 2.15 bits per heavy atom. The third-order valence-corrected chi connectivity index (χ3v) is 4.06. The number of rotatable bonds is 3. The molecule has 0 aliphatic carbocycles. The SMILES string of the molecule is O=C(O)CC1CCCN(C(=O)c2cc(Cl)cc(Br)c2)C1. The van der Waals surface area contributed by atoms with Crippen molar-refractivity contribution in [2.45, 2.75) is 19.3 Å². The Morgan fingerprint density at radius 3 is 2.80 bits per heavy atom. The predicted molar refractivity (Wildman–Crippen MR) is 80.0 cm³/mol. The van der Waals surface area contributed by atoms with Crippen molar-refractivity contribution in [3.05, 3.63) is 33.3 Å². The van der Waals surface area contributed by atoms with E-state index in [9.17, 15) is 9.59 Å². The van der Waals surface area contributed by atoms with Crippen LogP contribution in [0.25, 0.3) is 0 Å². The summed E-state index contributed by atoms with van der Waals surface area (Å²) in [4.78, 5) is 24.9. The highest BCUT2D eigenvalue weighted by Crippen LogP contribution is 2.24. The molecule has 1 aromatic carbocycles. The lowest BCUT2D eigenvalue weighted by atomic mass is 9.94. The highest BCUT2D eigenvalue weighted by molar-refractivity contribution is 9.10. The van der Waals surface area contributed by atoms with Gasteiger partial charge in [0.15, 0.2) is 0 Å². The maximum absolute atomic E-state index is 12.4. The Bertz CT molecular complexity index is 515. The number of carbonyl (C=O) groups excluding carboxylic acids is 1. The van der Waals surface area contributed by atoms with E-state index in [-0.39, 0.29) is 18.2 Å². The average Bonchev–Trinajstić information content (AvgIpc) is 2.36.